The van der Waals surface area contributed by atoms with E-state index in [2.05, 4.69) is 170 Å². The van der Waals surface area contributed by atoms with E-state index in [-0.39, 0.29) is 11.8 Å². The number of nitrogens with zero attached hydrogens (tertiary/aromatic N) is 8. The van der Waals surface area contributed by atoms with Crippen molar-refractivity contribution < 1.29 is 18.7 Å². The third-order valence-electron chi connectivity index (χ3n) is 12.4. The molecule has 0 radical (unpaired) electrons. The summed E-state index contributed by atoms with van der Waals surface area (Å²) < 4.78 is 4.94. The van der Waals surface area contributed by atoms with Crippen LogP contribution in [0.5, 0.6) is 0 Å². The minimum Gasteiger partial charge on any atom is -0.377 e. The maximum atomic E-state index is 13.3. The fraction of sp³-hybridized carbons (Fsp3) is 0.440. The third kappa shape index (κ3) is 9.53. The van der Waals surface area contributed by atoms with Crippen molar-refractivity contribution in [1.29, 1.82) is 0 Å². The zero-order valence-electron chi connectivity index (χ0n) is 37.4. The molecule has 7 rings (SSSR count). The van der Waals surface area contributed by atoms with Gasteiger partial charge in [0.15, 0.2) is 0 Å². The molecule has 1 saturated heterocycles. The molecule has 0 unspecified atom stereocenters. The normalized spacial score (nSPS) is 13.1. The number of unbranched alkanes of at least 4 members (excludes halogenated alkanes) is 4. The number of piperazine rings is 1. The van der Waals surface area contributed by atoms with Crippen LogP contribution in [0.2, 0.25) is 0 Å². The fourth-order valence-corrected chi connectivity index (χ4v) is 8.71. The minimum atomic E-state index is 0.213. The summed E-state index contributed by atoms with van der Waals surface area (Å²) in [6.45, 7) is 4.29. The number of amides is 2. The predicted molar refractivity (Wildman–Crippen MR) is 251 cm³/mol. The molecule has 0 aliphatic carbocycles. The average molecular weight is 811 g/mol. The van der Waals surface area contributed by atoms with Gasteiger partial charge in [0, 0.05) is 177 Å². The topological polar surface area (TPSA) is 61.3 Å². The molecule has 0 saturated carbocycles. The van der Waals surface area contributed by atoms with Crippen molar-refractivity contribution in [2.75, 3.05) is 102 Å². The van der Waals surface area contributed by atoms with Crippen LogP contribution < -0.4 is 28.7 Å². The Kier molecular flexibility index (Phi) is 13.3. The van der Waals surface area contributed by atoms with E-state index < -0.39 is 0 Å². The first-order valence-corrected chi connectivity index (χ1v) is 21.9. The number of fused-ring (bicyclic) bond motifs is 4. The molecule has 60 heavy (non-hydrogen) atoms. The molecular weight excluding hydrogens is 745 g/mol. The number of aromatic nitrogens is 2. The Labute approximate surface area is 357 Å². The van der Waals surface area contributed by atoms with E-state index in [9.17, 15) is 9.59 Å². The molecule has 0 atom stereocenters. The van der Waals surface area contributed by atoms with Gasteiger partial charge in [0.25, 0.3) is 0 Å². The van der Waals surface area contributed by atoms with Crippen molar-refractivity contribution in [3.8, 4) is 0 Å². The van der Waals surface area contributed by atoms with E-state index in [1.165, 1.54) is 66.4 Å². The summed E-state index contributed by atoms with van der Waals surface area (Å²) in [5.41, 5.74) is 9.69. The zero-order chi connectivity index (χ0) is 42.5. The molecule has 4 aromatic carbocycles. The zero-order valence-corrected chi connectivity index (χ0v) is 37.4. The lowest BCUT2D eigenvalue weighted by Gasteiger charge is -2.35. The summed E-state index contributed by atoms with van der Waals surface area (Å²) in [4.78, 5) is 39.1. The first-order valence-electron chi connectivity index (χ1n) is 21.9. The van der Waals surface area contributed by atoms with Crippen LogP contribution in [0.1, 0.15) is 51.4 Å². The standard InChI is InChI=1S/C50H66N8O2/c1-51(2)41-21-17-37-31-38-18-22-42(52(3)4)34-46(38)57(45(37)33-41)25-13-9-11-15-49(59)55-27-29-56(30-28-55)50(60)16-12-10-14-26-58-47-35-43(53(5)6)23-19-39(47)32-40-20-24-44(54(7)8)36-48(40)58/h17-24,31-36H,9-16,25-30H2,1-8H3/q+2. The SMILES string of the molecule is CN(C)c1ccc2cc3ccc(N(C)C)cc3[n+](CCCCCC(=O)N3CCN(C(=O)CCCCC[n+]4c5cc(N(C)C)ccc5cc5ccc(N(C)C)cc54)CC3)c2c1. The Bertz CT molecular complexity index is 2180. The van der Waals surface area contributed by atoms with Crippen LogP contribution in [0.15, 0.2) is 84.9 Å². The first-order chi connectivity index (χ1) is 28.9. The van der Waals surface area contributed by atoms with Gasteiger partial charge < -0.3 is 29.4 Å². The van der Waals surface area contributed by atoms with Crippen molar-refractivity contribution >= 4 is 78.2 Å². The van der Waals surface area contributed by atoms with Crippen molar-refractivity contribution in [3.05, 3.63) is 84.9 Å². The van der Waals surface area contributed by atoms with Crippen molar-refractivity contribution in [2.24, 2.45) is 0 Å². The molecule has 316 valence electrons. The molecule has 2 amide bonds. The largest absolute Gasteiger partial charge is 0.377 e. The quantitative estimate of drug-likeness (QED) is 0.0570. The monoisotopic (exact) mass is 811 g/mol. The highest BCUT2D eigenvalue weighted by molar-refractivity contribution is 5.93. The van der Waals surface area contributed by atoms with E-state index in [1.54, 1.807) is 0 Å². The highest BCUT2D eigenvalue weighted by Crippen LogP contribution is 2.28. The summed E-state index contributed by atoms with van der Waals surface area (Å²) >= 11 is 0. The molecule has 1 fully saturated rings. The van der Waals surface area contributed by atoms with Gasteiger partial charge in [-0.1, -0.05) is 0 Å². The highest BCUT2D eigenvalue weighted by atomic mass is 16.2. The number of hydrogen-bond donors (Lipinski definition) is 0. The lowest BCUT2D eigenvalue weighted by Crippen LogP contribution is -2.50. The maximum absolute atomic E-state index is 13.3. The van der Waals surface area contributed by atoms with E-state index in [0.717, 1.165) is 51.6 Å². The summed E-state index contributed by atoms with van der Waals surface area (Å²) in [5.74, 6) is 0.427. The molecule has 0 N–H and O–H groups in total. The van der Waals surface area contributed by atoms with Crippen molar-refractivity contribution in [1.82, 2.24) is 9.80 Å². The van der Waals surface area contributed by atoms with Crippen LogP contribution in [0.25, 0.3) is 43.6 Å². The second-order valence-corrected chi connectivity index (χ2v) is 17.5. The Morgan fingerprint density at radius 1 is 0.417 bits per heavy atom. The van der Waals surface area contributed by atoms with Crippen LogP contribution in [-0.2, 0) is 22.7 Å². The van der Waals surface area contributed by atoms with Gasteiger partial charge >= 0.3 is 0 Å². The number of pyridine rings is 2. The number of rotatable bonds is 16. The van der Waals surface area contributed by atoms with Crippen LogP contribution >= 0.6 is 0 Å². The van der Waals surface area contributed by atoms with Gasteiger partial charge in [0.05, 0.1) is 0 Å². The third-order valence-corrected chi connectivity index (χ3v) is 12.4. The molecule has 2 aromatic heterocycles. The van der Waals surface area contributed by atoms with Crippen molar-refractivity contribution in [2.45, 2.75) is 64.5 Å². The molecular formula is C50H66N8O2+2. The summed E-state index contributed by atoms with van der Waals surface area (Å²) in [6, 6.07) is 31.4. The van der Waals surface area contributed by atoms with Crippen LogP contribution in [0.3, 0.4) is 0 Å². The van der Waals surface area contributed by atoms with E-state index in [0.29, 0.717) is 39.0 Å². The van der Waals surface area contributed by atoms with Gasteiger partial charge in [-0.2, -0.15) is 9.13 Å². The molecule has 0 spiro atoms. The smallest absolute Gasteiger partial charge is 0.222 e. The molecule has 1 aliphatic rings. The van der Waals surface area contributed by atoms with Gasteiger partial charge in [-0.05, 0) is 86.3 Å². The van der Waals surface area contributed by atoms with E-state index in [4.69, 9.17) is 0 Å². The van der Waals surface area contributed by atoms with Gasteiger partial charge in [0.2, 0.25) is 33.9 Å². The lowest BCUT2D eigenvalue weighted by atomic mass is 10.1. The van der Waals surface area contributed by atoms with Gasteiger partial charge in [0.1, 0.15) is 13.1 Å². The van der Waals surface area contributed by atoms with E-state index in [1.807, 2.05) is 9.80 Å². The summed E-state index contributed by atoms with van der Waals surface area (Å²) in [7, 11) is 16.7. The second kappa shape index (κ2) is 18.7. The second-order valence-electron chi connectivity index (χ2n) is 17.5. The first kappa shape index (κ1) is 42.5. The number of aryl methyl sites for hydroxylation is 2. The molecule has 1 aliphatic heterocycles. The van der Waals surface area contributed by atoms with Gasteiger partial charge in [-0.25, -0.2) is 0 Å². The van der Waals surface area contributed by atoms with Crippen LogP contribution in [0.4, 0.5) is 22.7 Å². The van der Waals surface area contributed by atoms with Gasteiger partial charge in [-0.3, -0.25) is 9.59 Å². The molecule has 10 heteroatoms. The number of carbonyl (C=O) groups is 2. The van der Waals surface area contributed by atoms with E-state index >= 15 is 0 Å². The van der Waals surface area contributed by atoms with Gasteiger partial charge in [-0.15, -0.1) is 0 Å². The summed E-state index contributed by atoms with van der Waals surface area (Å²) in [5, 5.41) is 4.95. The van der Waals surface area contributed by atoms with Crippen LogP contribution in [-0.4, -0.2) is 104 Å². The minimum absolute atomic E-state index is 0.213. The molecule has 6 aromatic rings. The Hall–Kier alpha value is -5.64. The maximum Gasteiger partial charge on any atom is 0.222 e. The van der Waals surface area contributed by atoms with Crippen LogP contribution in [0, 0.1) is 0 Å². The number of hydrogen-bond acceptors (Lipinski definition) is 6. The Morgan fingerprint density at radius 2 is 0.700 bits per heavy atom. The Balaban J connectivity index is 0.873. The summed E-state index contributed by atoms with van der Waals surface area (Å²) in [6.07, 6.45) is 6.82. The predicted octanol–water partition coefficient (Wildman–Crippen LogP) is 7.63. The number of carbonyl (C=O) groups excluding carboxylic acids is 2. The Morgan fingerprint density at radius 3 is 0.967 bits per heavy atom. The average Bonchev–Trinajstić information content (AvgIpc) is 3.24. The lowest BCUT2D eigenvalue weighted by molar-refractivity contribution is -0.646. The molecule has 0 bridgehead atoms. The highest BCUT2D eigenvalue weighted by Gasteiger charge is 2.24. The fourth-order valence-electron chi connectivity index (χ4n) is 8.71. The number of benzene rings is 4. The van der Waals surface area contributed by atoms with Crippen molar-refractivity contribution in [3.63, 3.8) is 0 Å². The molecule has 3 heterocycles. The number of anilines is 4. The molecule has 10 nitrogen and oxygen atoms in total.